The molecule has 1 saturated carbocycles. The fourth-order valence-corrected chi connectivity index (χ4v) is 2.47. The molecule has 0 saturated heterocycles. The van der Waals surface area contributed by atoms with Gasteiger partial charge in [-0.3, -0.25) is 0 Å². The van der Waals surface area contributed by atoms with Gasteiger partial charge in [0.25, 0.3) is 0 Å². The monoisotopic (exact) mass is 205 g/mol. The molecule has 0 aromatic heterocycles. The molecule has 0 bridgehead atoms. The van der Waals surface area contributed by atoms with Gasteiger partial charge in [0.1, 0.15) is 5.75 Å². The van der Waals surface area contributed by atoms with Crippen LogP contribution in [0.3, 0.4) is 0 Å². The molecule has 1 aliphatic rings. The Morgan fingerprint density at radius 2 is 1.80 bits per heavy atom. The Morgan fingerprint density at radius 1 is 1.13 bits per heavy atom. The van der Waals surface area contributed by atoms with E-state index in [0.717, 1.165) is 24.8 Å². The van der Waals surface area contributed by atoms with E-state index < -0.39 is 0 Å². The minimum absolute atomic E-state index is 0.0862. The number of phenols is 1. The predicted octanol–water partition coefficient (Wildman–Crippen LogP) is 2.60. The van der Waals surface area contributed by atoms with E-state index in [1.165, 1.54) is 19.3 Å². The molecular weight excluding hydrogens is 186 g/mol. The molecule has 0 unspecified atom stereocenters. The Morgan fingerprint density at radius 3 is 2.47 bits per heavy atom. The summed E-state index contributed by atoms with van der Waals surface area (Å²) in [6, 6.07) is 7.52. The molecule has 0 aliphatic heterocycles. The fraction of sp³-hybridized carbons (Fsp3) is 0.538. The summed E-state index contributed by atoms with van der Waals surface area (Å²) in [4.78, 5) is 0. The maximum Gasteiger partial charge on any atom is 0.118 e. The fourth-order valence-electron chi connectivity index (χ4n) is 2.47. The van der Waals surface area contributed by atoms with Gasteiger partial charge in [-0.2, -0.15) is 0 Å². The second-order valence-corrected chi connectivity index (χ2v) is 4.73. The summed E-state index contributed by atoms with van der Waals surface area (Å²) in [5.41, 5.74) is 7.25. The van der Waals surface area contributed by atoms with Gasteiger partial charge in [0, 0.05) is 5.54 Å². The topological polar surface area (TPSA) is 46.2 Å². The van der Waals surface area contributed by atoms with Gasteiger partial charge in [-0.15, -0.1) is 0 Å². The molecule has 1 aliphatic carbocycles. The Kier molecular flexibility index (Phi) is 2.96. The van der Waals surface area contributed by atoms with Crippen molar-refractivity contribution in [3.63, 3.8) is 0 Å². The van der Waals surface area contributed by atoms with Gasteiger partial charge >= 0.3 is 0 Å². The first-order valence-corrected chi connectivity index (χ1v) is 5.75. The summed E-state index contributed by atoms with van der Waals surface area (Å²) < 4.78 is 0. The molecule has 0 heterocycles. The highest BCUT2D eigenvalue weighted by Crippen LogP contribution is 2.31. The van der Waals surface area contributed by atoms with Gasteiger partial charge in [0.15, 0.2) is 0 Å². The standard InChI is InChI=1S/C13H19NO/c14-13(8-4-1-5-9-13)10-11-6-2-3-7-12(11)15/h2-3,6-7,15H,1,4-5,8-10,14H2. The Labute approximate surface area is 91.1 Å². The highest BCUT2D eigenvalue weighted by Gasteiger charge is 2.28. The van der Waals surface area contributed by atoms with Crippen LogP contribution in [0.2, 0.25) is 0 Å². The van der Waals surface area contributed by atoms with Crippen LogP contribution < -0.4 is 5.73 Å². The zero-order valence-electron chi connectivity index (χ0n) is 9.08. The summed E-state index contributed by atoms with van der Waals surface area (Å²) in [5.74, 6) is 0.382. The van der Waals surface area contributed by atoms with Crippen molar-refractivity contribution in [2.45, 2.75) is 44.1 Å². The average molecular weight is 205 g/mol. The van der Waals surface area contributed by atoms with E-state index in [-0.39, 0.29) is 5.54 Å². The molecule has 0 atom stereocenters. The largest absolute Gasteiger partial charge is 0.508 e. The number of phenolic OH excluding ortho intramolecular Hbond substituents is 1. The van der Waals surface area contributed by atoms with Crippen LogP contribution >= 0.6 is 0 Å². The van der Waals surface area contributed by atoms with Crippen molar-refractivity contribution >= 4 is 0 Å². The number of benzene rings is 1. The number of para-hydroxylation sites is 1. The third-order valence-electron chi connectivity index (χ3n) is 3.38. The molecule has 2 nitrogen and oxygen atoms in total. The van der Waals surface area contributed by atoms with Gasteiger partial charge in [-0.1, -0.05) is 37.5 Å². The molecule has 2 heteroatoms. The van der Waals surface area contributed by atoms with Crippen LogP contribution in [0.5, 0.6) is 5.75 Å². The Balaban J connectivity index is 2.10. The lowest BCUT2D eigenvalue weighted by atomic mass is 9.78. The Hall–Kier alpha value is -1.02. The number of hydrogen-bond donors (Lipinski definition) is 2. The van der Waals surface area contributed by atoms with Crippen LogP contribution in [-0.2, 0) is 6.42 Å². The molecule has 1 aromatic carbocycles. The van der Waals surface area contributed by atoms with E-state index in [9.17, 15) is 5.11 Å². The lowest BCUT2D eigenvalue weighted by Gasteiger charge is -2.33. The molecule has 3 N–H and O–H groups in total. The highest BCUT2D eigenvalue weighted by atomic mass is 16.3. The smallest absolute Gasteiger partial charge is 0.118 e. The van der Waals surface area contributed by atoms with Gasteiger partial charge in [0.05, 0.1) is 0 Å². The van der Waals surface area contributed by atoms with Crippen LogP contribution in [0.1, 0.15) is 37.7 Å². The molecule has 0 radical (unpaired) electrons. The van der Waals surface area contributed by atoms with E-state index in [1.807, 2.05) is 18.2 Å². The van der Waals surface area contributed by atoms with Crippen molar-refractivity contribution in [3.05, 3.63) is 29.8 Å². The van der Waals surface area contributed by atoms with Crippen molar-refractivity contribution in [1.82, 2.24) is 0 Å². The average Bonchev–Trinajstić information content (AvgIpc) is 2.22. The Bertz CT molecular complexity index is 329. The van der Waals surface area contributed by atoms with E-state index >= 15 is 0 Å². The first kappa shape index (κ1) is 10.5. The number of hydrogen-bond acceptors (Lipinski definition) is 2. The zero-order valence-corrected chi connectivity index (χ0v) is 9.08. The quantitative estimate of drug-likeness (QED) is 0.779. The summed E-state index contributed by atoms with van der Waals surface area (Å²) in [7, 11) is 0. The maximum atomic E-state index is 9.70. The first-order chi connectivity index (χ1) is 7.20. The SMILES string of the molecule is NC1(Cc2ccccc2O)CCCCC1. The van der Waals surface area contributed by atoms with Crippen molar-refractivity contribution in [2.75, 3.05) is 0 Å². The van der Waals surface area contributed by atoms with E-state index in [0.29, 0.717) is 5.75 Å². The summed E-state index contributed by atoms with van der Waals surface area (Å²) in [6.07, 6.45) is 6.73. The van der Waals surface area contributed by atoms with Crippen LogP contribution in [0.25, 0.3) is 0 Å². The molecule has 0 amide bonds. The van der Waals surface area contributed by atoms with Crippen molar-refractivity contribution in [1.29, 1.82) is 0 Å². The van der Waals surface area contributed by atoms with E-state index in [2.05, 4.69) is 0 Å². The van der Waals surface area contributed by atoms with E-state index in [4.69, 9.17) is 5.73 Å². The summed E-state index contributed by atoms with van der Waals surface area (Å²) in [6.45, 7) is 0. The molecule has 82 valence electrons. The van der Waals surface area contributed by atoms with Crippen LogP contribution in [-0.4, -0.2) is 10.6 Å². The van der Waals surface area contributed by atoms with Crippen molar-refractivity contribution < 1.29 is 5.11 Å². The summed E-state index contributed by atoms with van der Waals surface area (Å²) in [5, 5.41) is 9.70. The molecule has 1 aromatic rings. The first-order valence-electron chi connectivity index (χ1n) is 5.75. The lowest BCUT2D eigenvalue weighted by Crippen LogP contribution is -2.43. The highest BCUT2D eigenvalue weighted by molar-refractivity contribution is 5.33. The van der Waals surface area contributed by atoms with Crippen LogP contribution in [0.15, 0.2) is 24.3 Å². The minimum Gasteiger partial charge on any atom is -0.508 e. The molecule has 15 heavy (non-hydrogen) atoms. The molecule has 1 fully saturated rings. The van der Waals surface area contributed by atoms with Gasteiger partial charge in [-0.25, -0.2) is 0 Å². The third-order valence-corrected chi connectivity index (χ3v) is 3.38. The zero-order chi connectivity index (χ0) is 10.7. The molecule has 2 rings (SSSR count). The minimum atomic E-state index is -0.0862. The van der Waals surface area contributed by atoms with Crippen molar-refractivity contribution in [3.8, 4) is 5.75 Å². The maximum absolute atomic E-state index is 9.70. The van der Waals surface area contributed by atoms with E-state index in [1.54, 1.807) is 6.07 Å². The normalized spacial score (nSPS) is 20.1. The number of aromatic hydroxyl groups is 1. The van der Waals surface area contributed by atoms with Crippen LogP contribution in [0, 0.1) is 0 Å². The van der Waals surface area contributed by atoms with Gasteiger partial charge in [-0.05, 0) is 30.9 Å². The second kappa shape index (κ2) is 4.23. The van der Waals surface area contributed by atoms with Crippen molar-refractivity contribution in [2.24, 2.45) is 5.73 Å². The third kappa shape index (κ3) is 2.51. The van der Waals surface area contributed by atoms with Crippen LogP contribution in [0.4, 0.5) is 0 Å². The number of nitrogens with two attached hydrogens (primary N) is 1. The molecular formula is C13H19NO. The molecule has 0 spiro atoms. The van der Waals surface area contributed by atoms with Gasteiger partial charge in [0.2, 0.25) is 0 Å². The number of rotatable bonds is 2. The van der Waals surface area contributed by atoms with Gasteiger partial charge < -0.3 is 10.8 Å². The second-order valence-electron chi connectivity index (χ2n) is 4.73. The lowest BCUT2D eigenvalue weighted by molar-refractivity contribution is 0.291. The predicted molar refractivity (Wildman–Crippen MR) is 61.8 cm³/mol. The summed E-state index contributed by atoms with van der Waals surface area (Å²) >= 11 is 0.